The van der Waals surface area contributed by atoms with Crippen LogP contribution in [0.15, 0.2) is 24.3 Å². The zero-order valence-corrected chi connectivity index (χ0v) is 7.42. The largest absolute Gasteiger partial charge is 0.474 e. The van der Waals surface area contributed by atoms with Crippen molar-refractivity contribution in [3.63, 3.8) is 0 Å². The topological polar surface area (TPSA) is 37.3 Å². The van der Waals surface area contributed by atoms with Crippen LogP contribution in [0.2, 0.25) is 0 Å². The van der Waals surface area contributed by atoms with Gasteiger partial charge in [0.15, 0.2) is 0 Å². The quantitative estimate of drug-likeness (QED) is 0.604. The highest BCUT2D eigenvalue weighted by Gasteiger charge is 2.22. The van der Waals surface area contributed by atoms with E-state index in [0.29, 0.717) is 0 Å². The van der Waals surface area contributed by atoms with Crippen molar-refractivity contribution in [1.29, 1.82) is 0 Å². The van der Waals surface area contributed by atoms with Gasteiger partial charge in [0, 0.05) is 11.5 Å². The number of fused-ring (bicyclic) bond motifs is 1. The van der Waals surface area contributed by atoms with E-state index in [-0.39, 0.29) is 0 Å². The van der Waals surface area contributed by atoms with Gasteiger partial charge in [0.25, 0.3) is 0 Å². The lowest BCUT2D eigenvalue weighted by molar-refractivity contribution is 0.221. The Morgan fingerprint density at radius 1 is 1.25 bits per heavy atom. The normalized spacial score (nSPS) is 17.5. The lowest BCUT2D eigenvalue weighted by atomic mass is 10.1. The van der Waals surface area contributed by atoms with E-state index < -0.39 is 16.2 Å². The maximum Gasteiger partial charge on any atom is 0.345 e. The van der Waals surface area contributed by atoms with Gasteiger partial charge in [-0.15, -0.1) is 10.9 Å². The van der Waals surface area contributed by atoms with Crippen molar-refractivity contribution < 1.29 is 9.90 Å². The highest BCUT2D eigenvalue weighted by atomic mass is 32.2. The summed E-state index contributed by atoms with van der Waals surface area (Å²) in [5.41, 5.74) is 2.46. The lowest BCUT2D eigenvalue weighted by Crippen LogP contribution is -1.92. The van der Waals surface area contributed by atoms with Crippen molar-refractivity contribution in [2.24, 2.45) is 0 Å². The Balaban J connectivity index is 2.27. The number of thiol groups is 1. The first-order valence-corrected chi connectivity index (χ1v) is 5.53. The Morgan fingerprint density at radius 2 is 1.75 bits per heavy atom. The maximum atomic E-state index is 10.7. The zero-order chi connectivity index (χ0) is 8.55. The fourth-order valence-electron chi connectivity index (χ4n) is 1.47. The summed E-state index contributed by atoms with van der Waals surface area (Å²) in [5.74, 6) is 1.53. The number of benzene rings is 1. The first kappa shape index (κ1) is 7.68. The minimum atomic E-state index is -0.814. The predicted molar refractivity (Wildman–Crippen MR) is 50.9 cm³/mol. The van der Waals surface area contributed by atoms with Gasteiger partial charge in [-0.05, 0) is 11.1 Å². The van der Waals surface area contributed by atoms with Crippen LogP contribution in [-0.4, -0.2) is 10.4 Å². The third-order valence-electron chi connectivity index (χ3n) is 2.11. The van der Waals surface area contributed by atoms with Crippen molar-refractivity contribution >= 4 is 16.2 Å². The molecule has 0 saturated carbocycles. The summed E-state index contributed by atoms with van der Waals surface area (Å²) in [6.07, 6.45) is 0. The molecule has 12 heavy (non-hydrogen) atoms. The van der Waals surface area contributed by atoms with Gasteiger partial charge < -0.3 is 5.11 Å². The molecule has 0 aromatic heterocycles. The molecule has 1 N–H and O–H groups in total. The monoisotopic (exact) mass is 182 g/mol. The SMILES string of the molecule is O=C(O)[SH]1Cc2ccccc2C1. The van der Waals surface area contributed by atoms with Gasteiger partial charge in [-0.25, -0.2) is 4.79 Å². The first-order valence-electron chi connectivity index (χ1n) is 3.82. The minimum Gasteiger partial charge on any atom is -0.474 e. The second kappa shape index (κ2) is 2.83. The second-order valence-electron chi connectivity index (χ2n) is 2.91. The molecular formula is C9H10O2S. The van der Waals surface area contributed by atoms with Crippen LogP contribution in [0.1, 0.15) is 11.1 Å². The summed E-state index contributed by atoms with van der Waals surface area (Å²) < 4.78 is 0. The Labute approximate surface area is 73.6 Å². The van der Waals surface area contributed by atoms with Gasteiger partial charge in [-0.2, -0.15) is 0 Å². The molecule has 0 saturated heterocycles. The summed E-state index contributed by atoms with van der Waals surface area (Å²) in [4.78, 5) is 10.7. The molecule has 0 unspecified atom stereocenters. The lowest BCUT2D eigenvalue weighted by Gasteiger charge is -2.04. The molecule has 0 amide bonds. The molecular weight excluding hydrogens is 172 g/mol. The molecule has 1 aliphatic heterocycles. The van der Waals surface area contributed by atoms with Crippen molar-refractivity contribution in [1.82, 2.24) is 0 Å². The van der Waals surface area contributed by atoms with Crippen LogP contribution >= 0.6 is 10.9 Å². The van der Waals surface area contributed by atoms with Crippen molar-refractivity contribution in [2.75, 3.05) is 0 Å². The van der Waals surface area contributed by atoms with Crippen LogP contribution in [0, 0.1) is 0 Å². The fourth-order valence-corrected chi connectivity index (χ4v) is 3.29. The average molecular weight is 182 g/mol. The molecule has 2 rings (SSSR count). The number of carbonyl (C=O) groups is 1. The highest BCUT2D eigenvalue weighted by molar-refractivity contribution is 8.28. The molecule has 0 bridgehead atoms. The number of carboxylic acid groups (broad SMARTS) is 1. The van der Waals surface area contributed by atoms with E-state index in [9.17, 15) is 4.79 Å². The van der Waals surface area contributed by atoms with Crippen LogP contribution in [0.5, 0.6) is 0 Å². The Bertz CT molecular complexity index is 297. The van der Waals surface area contributed by atoms with Crippen molar-refractivity contribution in [3.8, 4) is 0 Å². The van der Waals surface area contributed by atoms with E-state index in [1.54, 1.807) is 0 Å². The van der Waals surface area contributed by atoms with Gasteiger partial charge in [0.05, 0.1) is 0 Å². The third kappa shape index (κ3) is 1.20. The Morgan fingerprint density at radius 3 is 2.17 bits per heavy atom. The van der Waals surface area contributed by atoms with E-state index in [1.807, 2.05) is 24.3 Å². The smallest absolute Gasteiger partial charge is 0.345 e. The van der Waals surface area contributed by atoms with Crippen molar-refractivity contribution in [3.05, 3.63) is 35.4 Å². The van der Waals surface area contributed by atoms with Gasteiger partial charge in [0.1, 0.15) is 0 Å². The minimum absolute atomic E-state index is 0.610. The molecule has 64 valence electrons. The highest BCUT2D eigenvalue weighted by Crippen LogP contribution is 2.42. The van der Waals surface area contributed by atoms with Crippen LogP contribution in [0.3, 0.4) is 0 Å². The van der Waals surface area contributed by atoms with E-state index in [0.717, 1.165) is 11.5 Å². The second-order valence-corrected chi connectivity index (χ2v) is 5.00. The molecule has 1 aromatic rings. The molecule has 1 heterocycles. The van der Waals surface area contributed by atoms with Crippen LogP contribution < -0.4 is 0 Å². The van der Waals surface area contributed by atoms with Gasteiger partial charge in [-0.3, -0.25) is 0 Å². The molecule has 1 aromatic carbocycles. The van der Waals surface area contributed by atoms with Crippen LogP contribution in [0.4, 0.5) is 4.79 Å². The summed E-state index contributed by atoms with van der Waals surface area (Å²) in [7, 11) is -0.814. The molecule has 2 nitrogen and oxygen atoms in total. The van der Waals surface area contributed by atoms with Gasteiger partial charge in [-0.1, -0.05) is 24.3 Å². The van der Waals surface area contributed by atoms with E-state index in [4.69, 9.17) is 5.11 Å². The van der Waals surface area contributed by atoms with Crippen LogP contribution in [-0.2, 0) is 11.5 Å². The fraction of sp³-hybridized carbons (Fsp3) is 0.222. The first-order chi connectivity index (χ1) is 5.77. The Kier molecular flexibility index (Phi) is 1.81. The van der Waals surface area contributed by atoms with E-state index in [2.05, 4.69) is 0 Å². The predicted octanol–water partition coefficient (Wildman–Crippen LogP) is 2.38. The molecule has 0 atom stereocenters. The third-order valence-corrected chi connectivity index (χ3v) is 4.10. The van der Waals surface area contributed by atoms with Gasteiger partial charge in [0.2, 0.25) is 0 Å². The summed E-state index contributed by atoms with van der Waals surface area (Å²) >= 11 is 0. The molecule has 3 heteroatoms. The molecule has 0 spiro atoms. The standard InChI is InChI=1S/C9H10O2S/c10-9(11)12-5-7-3-1-2-4-8(7)6-12/h1-4,12H,5-6H2,(H,10,11). The summed E-state index contributed by atoms with van der Waals surface area (Å²) in [6, 6.07) is 8.00. The Hall–Kier alpha value is -0.960. The van der Waals surface area contributed by atoms with Crippen molar-refractivity contribution in [2.45, 2.75) is 11.5 Å². The molecule has 0 fully saturated rings. The molecule has 0 radical (unpaired) electrons. The van der Waals surface area contributed by atoms with Crippen LogP contribution in [0.25, 0.3) is 0 Å². The number of rotatable bonds is 0. The molecule has 1 aliphatic rings. The molecule has 0 aliphatic carbocycles. The number of hydrogen-bond acceptors (Lipinski definition) is 1. The summed E-state index contributed by atoms with van der Waals surface area (Å²) in [5, 5.41) is 8.20. The average Bonchev–Trinajstić information content (AvgIpc) is 2.46. The van der Waals surface area contributed by atoms with Gasteiger partial charge >= 0.3 is 5.30 Å². The zero-order valence-electron chi connectivity index (χ0n) is 6.53. The summed E-state index contributed by atoms with van der Waals surface area (Å²) in [6.45, 7) is 0. The van der Waals surface area contributed by atoms with E-state index in [1.165, 1.54) is 11.1 Å². The maximum absolute atomic E-state index is 10.7. The number of hydrogen-bond donors (Lipinski definition) is 2. The van der Waals surface area contributed by atoms with E-state index >= 15 is 0 Å².